The van der Waals surface area contributed by atoms with Gasteiger partial charge in [0.1, 0.15) is 11.3 Å². The first kappa shape index (κ1) is 28.0. The first-order valence-electron chi connectivity index (χ1n) is 13.7. The van der Waals surface area contributed by atoms with E-state index in [1.165, 1.54) is 21.0 Å². The molecule has 0 radical (unpaired) electrons. The Balaban J connectivity index is 1.34. The Hall–Kier alpha value is -3.54. The smallest absolute Gasteiger partial charge is 0.331 e. The van der Waals surface area contributed by atoms with Gasteiger partial charge in [0.05, 0.1) is 10.4 Å². The summed E-state index contributed by atoms with van der Waals surface area (Å²) >= 11 is 0. The topological polar surface area (TPSA) is 100 Å². The van der Waals surface area contributed by atoms with E-state index in [-0.39, 0.29) is 22.0 Å². The standard InChI is InChI=1S/C29H34FN5O4S/c1-3-13-34-26-19-25(31-27(26)28(36)35(14-4-2)29(34)37)22-7-11-24(12-8-22)40(38,39)33-17-15-32(16-18-33)20-21-5-9-23(30)10-6-21/h5-12,19,31H,3-4,13-18,20H2,1-2H3. The molecular weight excluding hydrogens is 533 g/mol. The fourth-order valence-corrected chi connectivity index (χ4v) is 6.66. The van der Waals surface area contributed by atoms with E-state index in [0.29, 0.717) is 69.0 Å². The lowest BCUT2D eigenvalue weighted by Gasteiger charge is -2.34. The van der Waals surface area contributed by atoms with Crippen molar-refractivity contribution in [1.82, 2.24) is 23.3 Å². The van der Waals surface area contributed by atoms with E-state index >= 15 is 0 Å². The van der Waals surface area contributed by atoms with Gasteiger partial charge in [0.2, 0.25) is 10.0 Å². The van der Waals surface area contributed by atoms with Crippen LogP contribution < -0.4 is 11.2 Å². The Kier molecular flexibility index (Phi) is 8.07. The third-order valence-electron chi connectivity index (χ3n) is 7.36. The molecule has 2 aromatic carbocycles. The van der Waals surface area contributed by atoms with Crippen LogP contribution in [0.3, 0.4) is 0 Å². The van der Waals surface area contributed by atoms with E-state index in [4.69, 9.17) is 0 Å². The lowest BCUT2D eigenvalue weighted by molar-refractivity contribution is 0.181. The first-order valence-corrected chi connectivity index (χ1v) is 15.1. The fourth-order valence-electron chi connectivity index (χ4n) is 5.24. The maximum absolute atomic E-state index is 13.4. The van der Waals surface area contributed by atoms with E-state index in [9.17, 15) is 22.4 Å². The summed E-state index contributed by atoms with van der Waals surface area (Å²) in [6, 6.07) is 14.7. The summed E-state index contributed by atoms with van der Waals surface area (Å²) in [5.74, 6) is -0.276. The lowest BCUT2D eigenvalue weighted by atomic mass is 10.1. The molecule has 2 aromatic heterocycles. The van der Waals surface area contributed by atoms with Gasteiger partial charge in [0.25, 0.3) is 5.56 Å². The molecule has 0 aliphatic carbocycles. The second-order valence-electron chi connectivity index (χ2n) is 10.2. The van der Waals surface area contributed by atoms with E-state index in [2.05, 4.69) is 9.88 Å². The molecule has 1 aliphatic rings. The van der Waals surface area contributed by atoms with Crippen LogP contribution in [0.4, 0.5) is 4.39 Å². The van der Waals surface area contributed by atoms with Crippen LogP contribution >= 0.6 is 0 Å². The molecule has 1 N–H and O–H groups in total. The zero-order chi connectivity index (χ0) is 28.4. The van der Waals surface area contributed by atoms with Crippen molar-refractivity contribution in [3.05, 3.63) is 86.8 Å². The Bertz CT molecular complexity index is 1720. The number of hydrogen-bond donors (Lipinski definition) is 1. The SMILES string of the molecule is CCCn1c(=O)c2[nH]c(-c3ccc(S(=O)(=O)N4CCN(Cc5ccc(F)cc5)CC4)cc3)cc2n(CCC)c1=O. The molecule has 0 bridgehead atoms. The second kappa shape index (κ2) is 11.5. The molecule has 0 amide bonds. The summed E-state index contributed by atoms with van der Waals surface area (Å²) in [4.78, 5) is 31.6. The van der Waals surface area contributed by atoms with E-state index < -0.39 is 10.0 Å². The highest BCUT2D eigenvalue weighted by molar-refractivity contribution is 7.89. The summed E-state index contributed by atoms with van der Waals surface area (Å²) in [7, 11) is -3.68. The highest BCUT2D eigenvalue weighted by atomic mass is 32.2. The van der Waals surface area contributed by atoms with Crippen LogP contribution in [0.5, 0.6) is 0 Å². The van der Waals surface area contributed by atoms with Crippen molar-refractivity contribution in [2.45, 2.75) is 51.2 Å². The Morgan fingerprint density at radius 2 is 1.48 bits per heavy atom. The minimum absolute atomic E-state index is 0.201. The van der Waals surface area contributed by atoms with Crippen LogP contribution in [-0.4, -0.2) is 57.9 Å². The zero-order valence-electron chi connectivity index (χ0n) is 22.8. The van der Waals surface area contributed by atoms with Gasteiger partial charge in [-0.1, -0.05) is 38.1 Å². The number of halogens is 1. The molecule has 0 saturated carbocycles. The number of aromatic nitrogens is 3. The van der Waals surface area contributed by atoms with Gasteiger partial charge in [-0.3, -0.25) is 18.8 Å². The molecule has 1 fully saturated rings. The van der Waals surface area contributed by atoms with Crippen LogP contribution in [-0.2, 0) is 29.7 Å². The third kappa shape index (κ3) is 5.41. The van der Waals surface area contributed by atoms with Gasteiger partial charge in [-0.2, -0.15) is 4.31 Å². The number of aromatic amines is 1. The maximum atomic E-state index is 13.4. The van der Waals surface area contributed by atoms with Crippen molar-refractivity contribution >= 4 is 21.1 Å². The summed E-state index contributed by atoms with van der Waals surface area (Å²) in [5.41, 5.74) is 2.60. The molecule has 11 heteroatoms. The van der Waals surface area contributed by atoms with Gasteiger partial charge in [0, 0.05) is 51.5 Å². The van der Waals surface area contributed by atoms with Crippen molar-refractivity contribution in [3.63, 3.8) is 0 Å². The van der Waals surface area contributed by atoms with Crippen LogP contribution in [0.15, 0.2) is 69.1 Å². The van der Waals surface area contributed by atoms with Crippen LogP contribution in [0, 0.1) is 5.82 Å². The number of aryl methyl sites for hydroxylation is 1. The van der Waals surface area contributed by atoms with Crippen molar-refractivity contribution in [1.29, 1.82) is 0 Å². The van der Waals surface area contributed by atoms with Crippen molar-refractivity contribution in [2.24, 2.45) is 0 Å². The summed E-state index contributed by atoms with van der Waals surface area (Å²) < 4.78 is 44.3. The summed E-state index contributed by atoms with van der Waals surface area (Å²) in [5, 5.41) is 0. The van der Waals surface area contributed by atoms with E-state index in [1.807, 2.05) is 13.8 Å². The number of H-pyrrole nitrogens is 1. The molecule has 0 unspecified atom stereocenters. The minimum atomic E-state index is -3.68. The van der Waals surface area contributed by atoms with Gasteiger partial charge >= 0.3 is 5.69 Å². The molecule has 9 nitrogen and oxygen atoms in total. The molecule has 1 aliphatic heterocycles. The number of piperazine rings is 1. The Morgan fingerprint density at radius 3 is 2.10 bits per heavy atom. The predicted octanol–water partition coefficient (Wildman–Crippen LogP) is 3.62. The van der Waals surface area contributed by atoms with Gasteiger partial charge in [0.15, 0.2) is 0 Å². The molecular formula is C29H34FN5O4S. The van der Waals surface area contributed by atoms with Gasteiger partial charge in [-0.15, -0.1) is 0 Å². The predicted molar refractivity (Wildman–Crippen MR) is 153 cm³/mol. The van der Waals surface area contributed by atoms with E-state index in [0.717, 1.165) is 17.5 Å². The van der Waals surface area contributed by atoms with Crippen molar-refractivity contribution in [3.8, 4) is 11.3 Å². The largest absolute Gasteiger partial charge is 0.349 e. The number of fused-ring (bicyclic) bond motifs is 1. The number of nitrogens with zero attached hydrogens (tertiary/aromatic N) is 4. The maximum Gasteiger partial charge on any atom is 0.331 e. The van der Waals surface area contributed by atoms with Crippen LogP contribution in [0.2, 0.25) is 0 Å². The Morgan fingerprint density at radius 1 is 0.850 bits per heavy atom. The Labute approximate surface area is 232 Å². The summed E-state index contributed by atoms with van der Waals surface area (Å²) in [6.45, 7) is 7.28. The van der Waals surface area contributed by atoms with Crippen LogP contribution in [0.1, 0.15) is 32.3 Å². The van der Waals surface area contributed by atoms with Crippen molar-refractivity contribution in [2.75, 3.05) is 26.2 Å². The summed E-state index contributed by atoms with van der Waals surface area (Å²) in [6.07, 6.45) is 1.41. The minimum Gasteiger partial charge on any atom is -0.349 e. The molecule has 0 atom stereocenters. The van der Waals surface area contributed by atoms with E-state index in [1.54, 1.807) is 47.0 Å². The third-order valence-corrected chi connectivity index (χ3v) is 9.27. The fraction of sp³-hybridized carbons (Fsp3) is 0.379. The highest BCUT2D eigenvalue weighted by Crippen LogP contribution is 2.25. The molecule has 4 aromatic rings. The molecule has 0 spiro atoms. The zero-order valence-corrected chi connectivity index (χ0v) is 23.6. The first-order chi connectivity index (χ1) is 19.2. The monoisotopic (exact) mass is 567 g/mol. The number of hydrogen-bond acceptors (Lipinski definition) is 5. The highest BCUT2D eigenvalue weighted by Gasteiger charge is 2.28. The second-order valence-corrected chi connectivity index (χ2v) is 12.1. The lowest BCUT2D eigenvalue weighted by Crippen LogP contribution is -2.48. The number of sulfonamides is 1. The average molecular weight is 568 g/mol. The van der Waals surface area contributed by atoms with Gasteiger partial charge in [-0.05, 0) is 54.3 Å². The normalized spacial score (nSPS) is 15.2. The molecule has 3 heterocycles. The molecule has 212 valence electrons. The van der Waals surface area contributed by atoms with Gasteiger partial charge < -0.3 is 4.98 Å². The number of nitrogens with one attached hydrogen (secondary N) is 1. The quantitative estimate of drug-likeness (QED) is 0.333. The molecule has 5 rings (SSSR count). The van der Waals surface area contributed by atoms with Crippen molar-refractivity contribution < 1.29 is 12.8 Å². The molecule has 40 heavy (non-hydrogen) atoms. The molecule has 1 saturated heterocycles. The number of rotatable bonds is 9. The number of benzene rings is 2. The average Bonchev–Trinajstić information content (AvgIpc) is 3.41. The van der Waals surface area contributed by atoms with Crippen LogP contribution in [0.25, 0.3) is 22.3 Å². The van der Waals surface area contributed by atoms with Gasteiger partial charge in [-0.25, -0.2) is 17.6 Å².